The highest BCUT2D eigenvalue weighted by Gasteiger charge is 2.67. The van der Waals surface area contributed by atoms with Crippen molar-refractivity contribution in [3.05, 3.63) is 70.0 Å². The number of phenols is 1. The largest absolute Gasteiger partial charge is 0.508 e. The number of hydrogen-bond acceptors (Lipinski definition) is 11. The standard InChI is InChI=1S/C33H34N6O10S/c1-14(40)37-13-18(42)11-22(37)27(44)36-16-6-9-19-21(10-16)35-12-20(25(19)43)28(45)38(29(46)23(34)15-4-7-17(41)8-5-15)24-30(47)39-26(32(48)49)33(2,3)50-31(24)39/h4-10,12,18,22-24,26,31,41-42H,11,13,34H2,1-3H3,(H,35,43)(H,36,44)(H,48,49)/t18?,22?,23?,24-,26+,31-/m1/s1. The Morgan fingerprint density at radius 1 is 1.10 bits per heavy atom. The summed E-state index contributed by atoms with van der Waals surface area (Å²) < 4.78 is -0.979. The van der Waals surface area contributed by atoms with Gasteiger partial charge in [-0.3, -0.25) is 33.7 Å². The molecule has 4 heterocycles. The molecule has 262 valence electrons. The average molecular weight is 707 g/mol. The van der Waals surface area contributed by atoms with E-state index in [1.54, 1.807) is 13.8 Å². The predicted octanol–water partition coefficient (Wildman–Crippen LogP) is 0.338. The molecule has 0 aliphatic carbocycles. The number of rotatable bonds is 7. The van der Waals surface area contributed by atoms with Crippen molar-refractivity contribution in [2.75, 3.05) is 11.9 Å². The lowest BCUT2D eigenvalue weighted by Crippen LogP contribution is -2.72. The molecule has 3 aliphatic heterocycles. The number of hydrogen-bond donors (Lipinski definition) is 6. The summed E-state index contributed by atoms with van der Waals surface area (Å²) >= 11 is 1.11. The van der Waals surface area contributed by atoms with Crippen LogP contribution in [0.25, 0.3) is 10.9 Å². The Morgan fingerprint density at radius 2 is 1.78 bits per heavy atom. The molecule has 17 heteroatoms. The number of benzene rings is 2. The van der Waals surface area contributed by atoms with Gasteiger partial charge in [0.1, 0.15) is 40.9 Å². The molecule has 3 fully saturated rings. The van der Waals surface area contributed by atoms with Crippen LogP contribution in [0.5, 0.6) is 5.75 Å². The second kappa shape index (κ2) is 12.6. The monoisotopic (exact) mass is 706 g/mol. The molecular weight excluding hydrogens is 672 g/mol. The lowest BCUT2D eigenvalue weighted by atomic mass is 9.94. The van der Waals surface area contributed by atoms with Crippen LogP contribution < -0.4 is 16.5 Å². The first-order valence-corrected chi connectivity index (χ1v) is 16.5. The molecule has 6 atom stereocenters. The number of aliphatic hydroxyl groups excluding tert-OH is 1. The van der Waals surface area contributed by atoms with E-state index in [-0.39, 0.29) is 46.8 Å². The first-order valence-electron chi connectivity index (χ1n) is 15.6. The number of aliphatic hydroxyl groups is 1. The number of carbonyl (C=O) groups is 6. The van der Waals surface area contributed by atoms with Crippen molar-refractivity contribution in [2.45, 2.75) is 67.6 Å². The molecule has 0 bridgehead atoms. The highest BCUT2D eigenvalue weighted by molar-refractivity contribution is 8.01. The maximum atomic E-state index is 14.2. The van der Waals surface area contributed by atoms with Crippen LogP contribution in [-0.2, 0) is 24.0 Å². The Labute approximate surface area is 288 Å². The van der Waals surface area contributed by atoms with Gasteiger partial charge < -0.3 is 41.2 Å². The van der Waals surface area contributed by atoms with Crippen LogP contribution in [0.3, 0.4) is 0 Å². The number of carbonyl (C=O) groups excluding carboxylic acids is 5. The zero-order chi connectivity index (χ0) is 36.4. The minimum absolute atomic E-state index is 0.00890. The lowest BCUT2D eigenvalue weighted by molar-refractivity contribution is -0.166. The van der Waals surface area contributed by atoms with E-state index >= 15 is 0 Å². The second-order valence-electron chi connectivity index (χ2n) is 13.0. The molecule has 0 saturated carbocycles. The number of β-amino-alcohol motifs (C(OH)–C–C–N with tert-alkyl or cyclic N) is 1. The van der Waals surface area contributed by atoms with Crippen molar-refractivity contribution >= 4 is 63.9 Å². The summed E-state index contributed by atoms with van der Waals surface area (Å²) in [4.78, 5) is 98.5. The molecule has 3 unspecified atom stereocenters. The second-order valence-corrected chi connectivity index (χ2v) is 14.8. The number of phenolic OH excluding ortho intramolecular Hbond substituents is 1. The first kappa shape index (κ1) is 34.6. The third-order valence-electron chi connectivity index (χ3n) is 9.26. The molecule has 0 spiro atoms. The maximum Gasteiger partial charge on any atom is 0.327 e. The zero-order valence-corrected chi connectivity index (χ0v) is 27.8. The number of pyridine rings is 1. The lowest BCUT2D eigenvalue weighted by Gasteiger charge is -2.47. The normalized spacial score (nSPS) is 24.3. The van der Waals surface area contributed by atoms with E-state index in [0.717, 1.165) is 22.9 Å². The Kier molecular flexibility index (Phi) is 8.69. The number of carboxylic acids is 1. The molecule has 50 heavy (non-hydrogen) atoms. The molecule has 3 aliphatic rings. The van der Waals surface area contributed by atoms with Gasteiger partial charge in [0.25, 0.3) is 17.7 Å². The van der Waals surface area contributed by atoms with Crippen LogP contribution in [-0.4, -0.2) is 111 Å². The number of imide groups is 1. The molecule has 7 N–H and O–H groups in total. The fourth-order valence-electron chi connectivity index (χ4n) is 6.79. The third-order valence-corrected chi connectivity index (χ3v) is 10.8. The molecule has 2 aromatic carbocycles. The number of nitrogens with two attached hydrogens (primary N) is 1. The summed E-state index contributed by atoms with van der Waals surface area (Å²) in [5, 5.41) is 31.3. The van der Waals surface area contributed by atoms with Gasteiger partial charge in [0.15, 0.2) is 0 Å². The van der Waals surface area contributed by atoms with Crippen LogP contribution in [0.1, 0.15) is 49.2 Å². The Morgan fingerprint density at radius 3 is 2.42 bits per heavy atom. The van der Waals surface area contributed by atoms with E-state index < -0.39 is 81.0 Å². The van der Waals surface area contributed by atoms with Gasteiger partial charge in [0.05, 0.1) is 11.6 Å². The van der Waals surface area contributed by atoms with Gasteiger partial charge in [0, 0.05) is 41.9 Å². The van der Waals surface area contributed by atoms with E-state index in [4.69, 9.17) is 5.73 Å². The van der Waals surface area contributed by atoms with Crippen LogP contribution in [0.2, 0.25) is 0 Å². The Bertz CT molecular complexity index is 2020. The highest BCUT2D eigenvalue weighted by Crippen LogP contribution is 2.52. The molecule has 3 saturated heterocycles. The highest BCUT2D eigenvalue weighted by atomic mass is 32.2. The van der Waals surface area contributed by atoms with E-state index in [1.807, 2.05) is 0 Å². The van der Waals surface area contributed by atoms with E-state index in [9.17, 15) is 48.9 Å². The molecule has 3 aromatic rings. The van der Waals surface area contributed by atoms with Crippen molar-refractivity contribution in [1.29, 1.82) is 0 Å². The fourth-order valence-corrected chi connectivity index (χ4v) is 8.46. The van der Waals surface area contributed by atoms with Gasteiger partial charge in [-0.15, -0.1) is 11.8 Å². The van der Waals surface area contributed by atoms with Crippen molar-refractivity contribution in [3.8, 4) is 5.75 Å². The van der Waals surface area contributed by atoms with Crippen molar-refractivity contribution in [2.24, 2.45) is 5.73 Å². The number of aromatic hydroxyl groups is 1. The van der Waals surface area contributed by atoms with Gasteiger partial charge in [0.2, 0.25) is 17.2 Å². The number of anilines is 1. The number of thioether (sulfide) groups is 1. The van der Waals surface area contributed by atoms with Crippen molar-refractivity contribution < 1.29 is 44.1 Å². The van der Waals surface area contributed by atoms with Gasteiger partial charge >= 0.3 is 5.97 Å². The number of aliphatic carboxylic acids is 1. The number of likely N-dealkylation sites (tertiary alicyclic amines) is 1. The molecular formula is C33H34N6O10S. The number of β-lactam (4-membered cyclic amide) rings is 1. The predicted molar refractivity (Wildman–Crippen MR) is 179 cm³/mol. The van der Waals surface area contributed by atoms with Gasteiger partial charge in [-0.25, -0.2) is 4.79 Å². The quantitative estimate of drug-likeness (QED) is 0.182. The van der Waals surface area contributed by atoms with Crippen LogP contribution in [0, 0.1) is 0 Å². The van der Waals surface area contributed by atoms with Gasteiger partial charge in [-0.2, -0.15) is 0 Å². The smallest absolute Gasteiger partial charge is 0.327 e. The van der Waals surface area contributed by atoms with Crippen molar-refractivity contribution in [1.82, 2.24) is 19.7 Å². The summed E-state index contributed by atoms with van der Waals surface area (Å²) in [6.45, 7) is 4.59. The van der Waals surface area contributed by atoms with Crippen LogP contribution >= 0.6 is 11.8 Å². The number of fused-ring (bicyclic) bond motifs is 2. The van der Waals surface area contributed by atoms with Gasteiger partial charge in [-0.1, -0.05) is 12.1 Å². The van der Waals surface area contributed by atoms with E-state index in [1.165, 1.54) is 54.3 Å². The molecule has 1 aromatic heterocycles. The number of nitrogens with one attached hydrogen (secondary N) is 2. The number of amides is 5. The SMILES string of the molecule is CC(=O)N1CC(O)CC1C(=O)Nc1ccc2c(=O)c(C(=O)N(C(=O)C(N)c3ccc(O)cc3)[C@@H]3C(=O)N4[C@@H]3SC(C)(C)[C@@H]4C(=O)O)c[nH]c2c1. The summed E-state index contributed by atoms with van der Waals surface area (Å²) in [6.07, 6.45) is 0.279. The van der Waals surface area contributed by atoms with Crippen LogP contribution in [0.15, 0.2) is 53.5 Å². The Hall–Kier alpha value is -5.26. The topological polar surface area (TPSA) is 244 Å². The minimum atomic E-state index is -1.50. The summed E-state index contributed by atoms with van der Waals surface area (Å²) in [6, 6.07) is 4.42. The van der Waals surface area contributed by atoms with E-state index in [2.05, 4.69) is 10.3 Å². The van der Waals surface area contributed by atoms with Crippen molar-refractivity contribution in [3.63, 3.8) is 0 Å². The Balaban J connectivity index is 1.33. The molecule has 6 rings (SSSR count). The fraction of sp³-hybridized carbons (Fsp3) is 0.364. The number of aromatic amines is 1. The summed E-state index contributed by atoms with van der Waals surface area (Å²) in [5.74, 6) is -5.21. The first-order chi connectivity index (χ1) is 23.5. The molecule has 5 amide bonds. The third kappa shape index (κ3) is 5.76. The molecule has 0 radical (unpaired) electrons. The summed E-state index contributed by atoms with van der Waals surface area (Å²) in [7, 11) is 0. The number of nitrogens with zero attached hydrogens (tertiary/aromatic N) is 3. The average Bonchev–Trinajstić information content (AvgIpc) is 3.58. The van der Waals surface area contributed by atoms with Gasteiger partial charge in [-0.05, 0) is 49.7 Å². The maximum absolute atomic E-state index is 14.2. The van der Waals surface area contributed by atoms with E-state index in [0.29, 0.717) is 4.90 Å². The summed E-state index contributed by atoms with van der Waals surface area (Å²) in [5.41, 5.74) is 5.66. The number of H-pyrrole nitrogens is 1. The number of carboxylic acid groups (broad SMARTS) is 1. The molecule has 16 nitrogen and oxygen atoms in total. The zero-order valence-electron chi connectivity index (χ0n) is 27.0. The minimum Gasteiger partial charge on any atom is -0.508 e. The van der Waals surface area contributed by atoms with Crippen LogP contribution in [0.4, 0.5) is 5.69 Å². The number of aromatic nitrogens is 1.